The minimum atomic E-state index is -3.08. The van der Waals surface area contributed by atoms with Gasteiger partial charge in [-0.3, -0.25) is 9.59 Å². The molecule has 0 aromatic heterocycles. The zero-order chi connectivity index (χ0) is 9.78. The molecule has 0 aliphatic carbocycles. The van der Waals surface area contributed by atoms with Crippen LogP contribution in [0.3, 0.4) is 0 Å². The van der Waals surface area contributed by atoms with Crippen LogP contribution >= 0.6 is 11.1 Å². The van der Waals surface area contributed by atoms with Gasteiger partial charge in [0.15, 0.2) is 0 Å². The van der Waals surface area contributed by atoms with E-state index < -0.39 is 19.8 Å². The van der Waals surface area contributed by atoms with Crippen molar-refractivity contribution in [3.8, 4) is 0 Å². The van der Waals surface area contributed by atoms with Gasteiger partial charge in [-0.15, -0.1) is 0 Å². The van der Waals surface area contributed by atoms with Gasteiger partial charge in [-0.05, 0) is 0 Å². The summed E-state index contributed by atoms with van der Waals surface area (Å²) in [4.78, 5) is 21.1. The van der Waals surface area contributed by atoms with Crippen molar-refractivity contribution < 1.29 is 18.4 Å². The van der Waals surface area contributed by atoms with Crippen molar-refractivity contribution in [3.63, 3.8) is 0 Å². The van der Waals surface area contributed by atoms with E-state index >= 15 is 0 Å². The Morgan fingerprint density at radius 3 is 1.75 bits per heavy atom. The minimum Gasteiger partial charge on any atom is -0.474 e. The first kappa shape index (κ1) is 11.4. The van der Waals surface area contributed by atoms with E-state index in [2.05, 4.69) is 0 Å². The summed E-state index contributed by atoms with van der Waals surface area (Å²) in [6.45, 7) is 4.15. The maximum atomic E-state index is 10.5. The predicted octanol–water partition coefficient (Wildman–Crippen LogP) is 1.31. The van der Waals surface area contributed by atoms with Crippen molar-refractivity contribution in [2.75, 3.05) is 0 Å². The van der Waals surface area contributed by atoms with E-state index in [1.807, 2.05) is 0 Å². The minimum absolute atomic E-state index is 0.341. The number of hydrogen-bond acceptors (Lipinski definition) is 4. The van der Waals surface area contributed by atoms with Crippen LogP contribution in [0.15, 0.2) is 0 Å². The largest absolute Gasteiger partial charge is 0.572 e. The molecule has 0 aromatic rings. The summed E-state index contributed by atoms with van der Waals surface area (Å²) < 4.78 is 9.44. The second kappa shape index (κ2) is 4.47. The molecule has 0 aliphatic rings. The fourth-order valence-corrected chi connectivity index (χ4v) is 2.44. The zero-order valence-corrected chi connectivity index (χ0v) is 8.97. The van der Waals surface area contributed by atoms with Crippen molar-refractivity contribution in [3.05, 3.63) is 0 Å². The second-order valence-corrected chi connectivity index (χ2v) is 6.36. The van der Waals surface area contributed by atoms with Crippen molar-refractivity contribution in [1.82, 2.24) is 0 Å². The molecule has 0 saturated heterocycles. The normalized spacial score (nSPS) is 10.7. The first-order valence-corrected chi connectivity index (χ1v) is 6.51. The summed E-state index contributed by atoms with van der Waals surface area (Å²) in [5.74, 6) is -1.06. The highest BCUT2D eigenvalue weighted by Crippen LogP contribution is 2.18. The van der Waals surface area contributed by atoms with Gasteiger partial charge in [-0.1, -0.05) is 18.0 Å². The number of rotatable bonds is 3. The van der Waals surface area contributed by atoms with E-state index in [0.29, 0.717) is 6.04 Å². The first-order chi connectivity index (χ1) is 5.39. The highest BCUT2D eigenvalue weighted by atomic mass is 35.6. The van der Waals surface area contributed by atoms with Crippen molar-refractivity contribution >= 4 is 30.9 Å². The molecule has 0 amide bonds. The van der Waals surface area contributed by atoms with E-state index in [9.17, 15) is 9.59 Å². The maximum absolute atomic E-state index is 10.5. The molecule has 0 atom stereocenters. The van der Waals surface area contributed by atoms with Crippen molar-refractivity contribution in [2.45, 2.75) is 26.8 Å². The molecular formula is C6H11ClO4Si. The lowest BCUT2D eigenvalue weighted by Crippen LogP contribution is -2.38. The predicted molar refractivity (Wildman–Crippen MR) is 45.6 cm³/mol. The van der Waals surface area contributed by atoms with Gasteiger partial charge < -0.3 is 8.85 Å². The number of carbonyl (C=O) groups excluding carboxylic acids is 2. The lowest BCUT2D eigenvalue weighted by atomic mass is 10.9. The molecule has 4 nitrogen and oxygen atoms in total. The van der Waals surface area contributed by atoms with Crippen LogP contribution in [0.25, 0.3) is 0 Å². The van der Waals surface area contributed by atoms with Crippen LogP contribution in [0, 0.1) is 0 Å². The third kappa shape index (κ3) is 4.35. The van der Waals surface area contributed by atoms with Crippen LogP contribution in [0.5, 0.6) is 0 Å². The quantitative estimate of drug-likeness (QED) is 0.521. The Morgan fingerprint density at radius 2 is 1.58 bits per heavy atom. The smallest absolute Gasteiger partial charge is 0.474 e. The second-order valence-electron chi connectivity index (χ2n) is 2.20. The molecule has 0 unspecified atom stereocenters. The van der Waals surface area contributed by atoms with Crippen LogP contribution in [0.1, 0.15) is 20.8 Å². The van der Waals surface area contributed by atoms with E-state index in [1.165, 1.54) is 13.8 Å². The Bertz CT molecular complexity index is 178. The van der Waals surface area contributed by atoms with Gasteiger partial charge in [0.05, 0.1) is 0 Å². The van der Waals surface area contributed by atoms with Crippen LogP contribution in [0.2, 0.25) is 6.04 Å². The van der Waals surface area contributed by atoms with Gasteiger partial charge in [0.1, 0.15) is 0 Å². The van der Waals surface area contributed by atoms with E-state index in [-0.39, 0.29) is 0 Å². The van der Waals surface area contributed by atoms with E-state index in [1.54, 1.807) is 6.92 Å². The summed E-state index contributed by atoms with van der Waals surface area (Å²) in [7, 11) is -3.08. The van der Waals surface area contributed by atoms with Crippen LogP contribution in [0.4, 0.5) is 0 Å². The molecule has 0 N–H and O–H groups in total. The van der Waals surface area contributed by atoms with E-state index in [4.69, 9.17) is 19.9 Å². The summed E-state index contributed by atoms with van der Waals surface area (Å²) >= 11 is 5.77. The van der Waals surface area contributed by atoms with Gasteiger partial charge in [0, 0.05) is 19.9 Å². The summed E-state index contributed by atoms with van der Waals surface area (Å²) in [5, 5.41) is 0. The average molecular weight is 211 g/mol. The number of hydrogen-bond donors (Lipinski definition) is 0. The third-order valence-corrected chi connectivity index (χ3v) is 4.31. The fraction of sp³-hybridized carbons (Fsp3) is 0.667. The summed E-state index contributed by atoms with van der Waals surface area (Å²) in [5.41, 5.74) is 0. The molecule has 0 aromatic carbocycles. The molecule has 0 heterocycles. The molecule has 12 heavy (non-hydrogen) atoms. The van der Waals surface area contributed by atoms with Crippen LogP contribution in [-0.2, 0) is 18.4 Å². The molecule has 0 rings (SSSR count). The Hall–Kier alpha value is -0.553. The van der Waals surface area contributed by atoms with Crippen molar-refractivity contribution in [1.29, 1.82) is 0 Å². The Morgan fingerprint density at radius 1 is 1.25 bits per heavy atom. The Kier molecular flexibility index (Phi) is 4.26. The SMILES string of the molecule is CC[Si](Cl)(OC(C)=O)OC(C)=O. The van der Waals surface area contributed by atoms with Crippen LogP contribution < -0.4 is 0 Å². The number of halogens is 1. The molecule has 0 saturated carbocycles. The zero-order valence-electron chi connectivity index (χ0n) is 7.22. The molecular weight excluding hydrogens is 200 g/mol. The average Bonchev–Trinajstić information content (AvgIpc) is 1.83. The summed E-state index contributed by atoms with van der Waals surface area (Å²) in [6, 6.07) is 0.341. The van der Waals surface area contributed by atoms with Gasteiger partial charge in [0.25, 0.3) is 11.9 Å². The van der Waals surface area contributed by atoms with Gasteiger partial charge >= 0.3 is 7.87 Å². The molecule has 0 aliphatic heterocycles. The maximum Gasteiger partial charge on any atom is 0.572 e. The molecule has 70 valence electrons. The highest BCUT2D eigenvalue weighted by Gasteiger charge is 2.40. The molecule has 0 spiro atoms. The lowest BCUT2D eigenvalue weighted by molar-refractivity contribution is -0.138. The third-order valence-electron chi connectivity index (χ3n) is 1.01. The van der Waals surface area contributed by atoms with Gasteiger partial charge in [-0.2, -0.15) is 0 Å². The number of carbonyl (C=O) groups is 2. The molecule has 0 bridgehead atoms. The fourth-order valence-electron chi connectivity index (χ4n) is 0.594. The van der Waals surface area contributed by atoms with E-state index in [0.717, 1.165) is 0 Å². The monoisotopic (exact) mass is 210 g/mol. The summed E-state index contributed by atoms with van der Waals surface area (Å²) in [6.07, 6.45) is 0. The molecule has 6 heteroatoms. The van der Waals surface area contributed by atoms with Crippen LogP contribution in [-0.4, -0.2) is 19.8 Å². The standard InChI is InChI=1S/C6H11ClO4Si/c1-4-12(7,10-5(2)8)11-6(3)9/h4H2,1-3H3. The Labute approximate surface area is 76.8 Å². The van der Waals surface area contributed by atoms with Crippen molar-refractivity contribution in [2.24, 2.45) is 0 Å². The highest BCUT2D eigenvalue weighted by molar-refractivity contribution is 7.14. The van der Waals surface area contributed by atoms with Gasteiger partial charge in [0.2, 0.25) is 0 Å². The first-order valence-electron chi connectivity index (χ1n) is 3.47. The Balaban J connectivity index is 4.23. The molecule has 0 radical (unpaired) electrons. The lowest BCUT2D eigenvalue weighted by Gasteiger charge is -2.19. The van der Waals surface area contributed by atoms with Gasteiger partial charge in [-0.25, -0.2) is 0 Å². The molecule has 0 fully saturated rings. The topological polar surface area (TPSA) is 52.6 Å².